The minimum absolute atomic E-state index is 0.356. The van der Waals surface area contributed by atoms with Gasteiger partial charge in [0.05, 0.1) is 0 Å². The van der Waals surface area contributed by atoms with Gasteiger partial charge < -0.3 is 10.6 Å². The molecule has 15 heavy (non-hydrogen) atoms. The Kier molecular flexibility index (Phi) is 2.96. The highest BCUT2D eigenvalue weighted by Crippen LogP contribution is 2.22. The van der Waals surface area contributed by atoms with Gasteiger partial charge in [-0.05, 0) is 30.0 Å². The largest absolute Gasteiger partial charge is 0.370 e. The van der Waals surface area contributed by atoms with E-state index >= 15 is 0 Å². The standard InChI is InChI=1S/C13H20N2/c1-10(2)11-3-5-13(6-4-11)15-8-7-12(14)9-15/h3-6,10,12H,7-9,14H2,1-2H3/t12-/m0/s1. The Morgan fingerprint density at radius 3 is 2.40 bits per heavy atom. The zero-order valence-electron chi connectivity index (χ0n) is 9.61. The lowest BCUT2D eigenvalue weighted by Gasteiger charge is -2.18. The van der Waals surface area contributed by atoms with Gasteiger partial charge in [0.15, 0.2) is 0 Å². The monoisotopic (exact) mass is 204 g/mol. The van der Waals surface area contributed by atoms with Gasteiger partial charge in [-0.15, -0.1) is 0 Å². The van der Waals surface area contributed by atoms with Gasteiger partial charge in [0, 0.05) is 24.8 Å². The molecule has 2 N–H and O–H groups in total. The Hall–Kier alpha value is -1.02. The average molecular weight is 204 g/mol. The van der Waals surface area contributed by atoms with Crippen LogP contribution in [0.5, 0.6) is 0 Å². The fraction of sp³-hybridized carbons (Fsp3) is 0.538. The summed E-state index contributed by atoms with van der Waals surface area (Å²) < 4.78 is 0. The molecule has 2 rings (SSSR count). The van der Waals surface area contributed by atoms with Crippen LogP contribution in [0.15, 0.2) is 24.3 Å². The van der Waals surface area contributed by atoms with E-state index in [4.69, 9.17) is 5.73 Å². The van der Waals surface area contributed by atoms with Crippen LogP contribution in [-0.4, -0.2) is 19.1 Å². The van der Waals surface area contributed by atoms with Gasteiger partial charge in [0.25, 0.3) is 0 Å². The number of hydrogen-bond acceptors (Lipinski definition) is 2. The van der Waals surface area contributed by atoms with E-state index in [1.54, 1.807) is 0 Å². The van der Waals surface area contributed by atoms with E-state index in [9.17, 15) is 0 Å². The molecule has 1 aliphatic rings. The van der Waals surface area contributed by atoms with E-state index in [1.165, 1.54) is 11.3 Å². The summed E-state index contributed by atoms with van der Waals surface area (Å²) in [5.74, 6) is 0.611. The summed E-state index contributed by atoms with van der Waals surface area (Å²) in [6.45, 7) is 6.55. The molecule has 1 aliphatic heterocycles. The van der Waals surface area contributed by atoms with Gasteiger partial charge in [-0.3, -0.25) is 0 Å². The smallest absolute Gasteiger partial charge is 0.0366 e. The molecular formula is C13H20N2. The molecule has 0 amide bonds. The molecule has 0 saturated carbocycles. The number of hydrogen-bond donors (Lipinski definition) is 1. The van der Waals surface area contributed by atoms with Crippen molar-refractivity contribution in [3.05, 3.63) is 29.8 Å². The molecule has 2 heteroatoms. The van der Waals surface area contributed by atoms with E-state index in [0.29, 0.717) is 12.0 Å². The van der Waals surface area contributed by atoms with Crippen molar-refractivity contribution in [2.75, 3.05) is 18.0 Å². The first-order chi connectivity index (χ1) is 7.16. The quantitative estimate of drug-likeness (QED) is 0.801. The van der Waals surface area contributed by atoms with Crippen LogP contribution >= 0.6 is 0 Å². The molecule has 1 aromatic rings. The van der Waals surface area contributed by atoms with E-state index < -0.39 is 0 Å². The molecule has 0 aromatic heterocycles. The predicted octanol–water partition coefficient (Wildman–Crippen LogP) is 2.35. The number of nitrogens with zero attached hydrogens (tertiary/aromatic N) is 1. The van der Waals surface area contributed by atoms with Crippen LogP contribution in [0.1, 0.15) is 31.7 Å². The van der Waals surface area contributed by atoms with Crippen LogP contribution in [0.4, 0.5) is 5.69 Å². The summed E-state index contributed by atoms with van der Waals surface area (Å²) in [5.41, 5.74) is 8.62. The molecule has 2 nitrogen and oxygen atoms in total. The van der Waals surface area contributed by atoms with Gasteiger partial charge in [-0.25, -0.2) is 0 Å². The topological polar surface area (TPSA) is 29.3 Å². The minimum Gasteiger partial charge on any atom is -0.370 e. The first kappa shape index (κ1) is 10.5. The Bertz CT molecular complexity index is 316. The van der Waals surface area contributed by atoms with E-state index in [2.05, 4.69) is 43.0 Å². The third-order valence-corrected chi connectivity index (χ3v) is 3.15. The molecule has 0 radical (unpaired) electrons. The minimum atomic E-state index is 0.356. The van der Waals surface area contributed by atoms with Crippen molar-refractivity contribution in [2.24, 2.45) is 5.73 Å². The van der Waals surface area contributed by atoms with Crippen LogP contribution in [0.25, 0.3) is 0 Å². The van der Waals surface area contributed by atoms with Crippen molar-refractivity contribution in [2.45, 2.75) is 32.2 Å². The predicted molar refractivity (Wildman–Crippen MR) is 65.3 cm³/mol. The zero-order chi connectivity index (χ0) is 10.8. The van der Waals surface area contributed by atoms with Crippen molar-refractivity contribution >= 4 is 5.69 Å². The van der Waals surface area contributed by atoms with Crippen LogP contribution in [0.2, 0.25) is 0 Å². The van der Waals surface area contributed by atoms with Gasteiger partial charge in [-0.2, -0.15) is 0 Å². The third-order valence-electron chi connectivity index (χ3n) is 3.15. The molecule has 1 fully saturated rings. The summed E-state index contributed by atoms with van der Waals surface area (Å²) in [6, 6.07) is 9.24. The van der Waals surface area contributed by atoms with Crippen molar-refractivity contribution in [1.29, 1.82) is 0 Å². The fourth-order valence-electron chi connectivity index (χ4n) is 2.09. The second-order valence-corrected chi connectivity index (χ2v) is 4.74. The Balaban J connectivity index is 2.10. The molecular weight excluding hydrogens is 184 g/mol. The third kappa shape index (κ3) is 2.32. The SMILES string of the molecule is CC(C)c1ccc(N2CC[C@H](N)C2)cc1. The maximum atomic E-state index is 5.90. The van der Waals surface area contributed by atoms with E-state index in [-0.39, 0.29) is 0 Å². The van der Waals surface area contributed by atoms with Gasteiger partial charge in [0.2, 0.25) is 0 Å². The molecule has 0 aliphatic carbocycles. The second-order valence-electron chi connectivity index (χ2n) is 4.74. The normalized spacial score (nSPS) is 21.3. The molecule has 1 heterocycles. The summed E-state index contributed by atoms with van der Waals surface area (Å²) in [7, 11) is 0. The van der Waals surface area contributed by atoms with Crippen LogP contribution < -0.4 is 10.6 Å². The number of rotatable bonds is 2. The van der Waals surface area contributed by atoms with Gasteiger partial charge in [-0.1, -0.05) is 26.0 Å². The molecule has 1 saturated heterocycles. The number of nitrogens with two attached hydrogens (primary N) is 1. The van der Waals surface area contributed by atoms with E-state index in [1.807, 2.05) is 0 Å². The Morgan fingerprint density at radius 1 is 1.27 bits per heavy atom. The van der Waals surface area contributed by atoms with Crippen LogP contribution in [-0.2, 0) is 0 Å². The maximum Gasteiger partial charge on any atom is 0.0366 e. The summed E-state index contributed by atoms with van der Waals surface area (Å²) >= 11 is 0. The maximum absolute atomic E-state index is 5.90. The highest BCUT2D eigenvalue weighted by molar-refractivity contribution is 5.49. The van der Waals surface area contributed by atoms with Crippen molar-refractivity contribution in [3.8, 4) is 0 Å². The number of anilines is 1. The highest BCUT2D eigenvalue weighted by atomic mass is 15.2. The Labute approximate surface area is 92.1 Å². The van der Waals surface area contributed by atoms with E-state index in [0.717, 1.165) is 19.5 Å². The Morgan fingerprint density at radius 2 is 1.93 bits per heavy atom. The molecule has 0 unspecified atom stereocenters. The van der Waals surface area contributed by atoms with Crippen molar-refractivity contribution in [1.82, 2.24) is 0 Å². The molecule has 82 valence electrons. The highest BCUT2D eigenvalue weighted by Gasteiger charge is 2.18. The van der Waals surface area contributed by atoms with Gasteiger partial charge >= 0.3 is 0 Å². The second kappa shape index (κ2) is 4.23. The lowest BCUT2D eigenvalue weighted by Crippen LogP contribution is -2.26. The van der Waals surface area contributed by atoms with Gasteiger partial charge in [0.1, 0.15) is 0 Å². The molecule has 0 spiro atoms. The first-order valence-electron chi connectivity index (χ1n) is 5.77. The summed E-state index contributed by atoms with van der Waals surface area (Å²) in [6.07, 6.45) is 1.12. The average Bonchev–Trinajstić information content (AvgIpc) is 2.65. The molecule has 1 aromatic carbocycles. The fourth-order valence-corrected chi connectivity index (χ4v) is 2.09. The van der Waals surface area contributed by atoms with Crippen molar-refractivity contribution in [3.63, 3.8) is 0 Å². The lowest BCUT2D eigenvalue weighted by molar-refractivity contribution is 0.752. The molecule has 1 atom stereocenters. The molecule has 0 bridgehead atoms. The van der Waals surface area contributed by atoms with Crippen LogP contribution in [0.3, 0.4) is 0 Å². The first-order valence-corrected chi connectivity index (χ1v) is 5.77. The summed E-state index contributed by atoms with van der Waals surface area (Å²) in [4.78, 5) is 2.37. The lowest BCUT2D eigenvalue weighted by atomic mass is 10.0. The summed E-state index contributed by atoms with van der Waals surface area (Å²) in [5, 5.41) is 0. The van der Waals surface area contributed by atoms with Crippen LogP contribution in [0, 0.1) is 0 Å². The zero-order valence-corrected chi connectivity index (χ0v) is 9.61. The van der Waals surface area contributed by atoms with Crippen molar-refractivity contribution < 1.29 is 0 Å². The number of benzene rings is 1.